The summed E-state index contributed by atoms with van der Waals surface area (Å²) in [7, 11) is 0. The van der Waals surface area contributed by atoms with Gasteiger partial charge in [-0.25, -0.2) is 0 Å². The van der Waals surface area contributed by atoms with E-state index in [1.54, 1.807) is 0 Å². The van der Waals surface area contributed by atoms with Gasteiger partial charge in [0.1, 0.15) is 6.10 Å². The Labute approximate surface area is 263 Å². The van der Waals surface area contributed by atoms with Crippen LogP contribution in [0.2, 0.25) is 0 Å². The summed E-state index contributed by atoms with van der Waals surface area (Å²) in [6.07, 6.45) is 40.0. The van der Waals surface area contributed by atoms with E-state index < -0.39 is 6.10 Å². The third kappa shape index (κ3) is 33.9. The minimum atomic E-state index is -0.523. The molecule has 0 aromatic heterocycles. The molecule has 0 saturated heterocycles. The molecule has 0 amide bonds. The van der Waals surface area contributed by atoms with E-state index >= 15 is 0 Å². The fourth-order valence-electron chi connectivity index (χ4n) is 5.80. The Kier molecular flexibility index (Phi) is 36.0. The molecule has 0 aromatic rings. The highest BCUT2D eigenvalue weighted by Gasteiger charge is 2.13. The molecule has 4 heteroatoms. The monoisotopic (exact) mass is 597 g/mol. The maximum atomic E-state index is 12.1. The number of carbonyl (C=O) groups is 1. The number of esters is 1. The van der Waals surface area contributed by atoms with E-state index in [4.69, 9.17) is 9.47 Å². The summed E-state index contributed by atoms with van der Waals surface area (Å²) in [6.45, 7) is 5.39. The molecule has 0 aromatic carbocycles. The molecule has 4 nitrogen and oxygen atoms in total. The number of rotatable bonds is 36. The fraction of sp³-hybridized carbons (Fsp3) is 0.974. The van der Waals surface area contributed by atoms with Crippen molar-refractivity contribution >= 4 is 5.97 Å². The topological polar surface area (TPSA) is 55.8 Å². The fourth-order valence-corrected chi connectivity index (χ4v) is 5.80. The zero-order chi connectivity index (χ0) is 30.6. The van der Waals surface area contributed by atoms with E-state index in [9.17, 15) is 9.90 Å². The first-order chi connectivity index (χ1) is 20.7. The van der Waals surface area contributed by atoms with E-state index in [-0.39, 0.29) is 12.6 Å². The van der Waals surface area contributed by atoms with E-state index in [1.807, 2.05) is 0 Å². The minimum Gasteiger partial charge on any atom is -0.457 e. The molecule has 42 heavy (non-hydrogen) atoms. The van der Waals surface area contributed by atoms with Crippen LogP contribution in [0.1, 0.15) is 213 Å². The van der Waals surface area contributed by atoms with E-state index in [1.165, 1.54) is 173 Å². The van der Waals surface area contributed by atoms with Crippen molar-refractivity contribution < 1.29 is 19.4 Å². The van der Waals surface area contributed by atoms with E-state index in [2.05, 4.69) is 13.8 Å². The van der Waals surface area contributed by atoms with Gasteiger partial charge < -0.3 is 14.6 Å². The highest BCUT2D eigenvalue weighted by Crippen LogP contribution is 2.15. The van der Waals surface area contributed by atoms with Crippen molar-refractivity contribution in [1.82, 2.24) is 0 Å². The van der Waals surface area contributed by atoms with Crippen LogP contribution in [0, 0.1) is 0 Å². The number of hydrogen-bond donors (Lipinski definition) is 1. The first-order valence-electron chi connectivity index (χ1n) is 19.1. The van der Waals surface area contributed by atoms with Gasteiger partial charge in [0.2, 0.25) is 0 Å². The molecule has 0 bridgehead atoms. The van der Waals surface area contributed by atoms with Crippen molar-refractivity contribution in [3.63, 3.8) is 0 Å². The van der Waals surface area contributed by atoms with Crippen molar-refractivity contribution in [2.24, 2.45) is 0 Å². The Morgan fingerprint density at radius 2 is 0.786 bits per heavy atom. The molecule has 0 radical (unpaired) electrons. The average molecular weight is 597 g/mol. The van der Waals surface area contributed by atoms with Gasteiger partial charge in [0.25, 0.3) is 0 Å². The third-order valence-electron chi connectivity index (χ3n) is 8.68. The van der Waals surface area contributed by atoms with Crippen LogP contribution in [-0.4, -0.2) is 37.0 Å². The highest BCUT2D eigenvalue weighted by molar-refractivity contribution is 5.69. The lowest BCUT2D eigenvalue weighted by atomic mass is 10.0. The molecular formula is C38H76O4. The lowest BCUT2D eigenvalue weighted by Gasteiger charge is -2.16. The second kappa shape index (κ2) is 36.6. The summed E-state index contributed by atoms with van der Waals surface area (Å²) in [5, 5.41) is 9.56. The summed E-state index contributed by atoms with van der Waals surface area (Å²) < 4.78 is 11.1. The summed E-state index contributed by atoms with van der Waals surface area (Å²) in [4.78, 5) is 12.1. The third-order valence-corrected chi connectivity index (χ3v) is 8.68. The van der Waals surface area contributed by atoms with Crippen molar-refractivity contribution in [2.45, 2.75) is 219 Å². The van der Waals surface area contributed by atoms with Crippen LogP contribution in [0.15, 0.2) is 0 Å². The maximum Gasteiger partial charge on any atom is 0.306 e. The largest absolute Gasteiger partial charge is 0.457 e. The SMILES string of the molecule is CCCCCCCCCCCCCCCCCCC(=O)OC(CO)COCCCCCCCCCCCCCCCC. The number of aliphatic hydroxyl groups is 1. The van der Waals surface area contributed by atoms with Crippen molar-refractivity contribution in [3.8, 4) is 0 Å². The van der Waals surface area contributed by atoms with Gasteiger partial charge >= 0.3 is 5.97 Å². The molecule has 1 N–H and O–H groups in total. The molecule has 0 heterocycles. The Morgan fingerprint density at radius 3 is 1.12 bits per heavy atom. The smallest absolute Gasteiger partial charge is 0.306 e. The normalized spacial score (nSPS) is 12.2. The Balaban J connectivity index is 3.37. The molecule has 0 aliphatic carbocycles. The van der Waals surface area contributed by atoms with Crippen LogP contribution >= 0.6 is 0 Å². The summed E-state index contributed by atoms with van der Waals surface area (Å²) in [6, 6.07) is 0. The van der Waals surface area contributed by atoms with Crippen molar-refractivity contribution in [2.75, 3.05) is 19.8 Å². The minimum absolute atomic E-state index is 0.163. The first kappa shape index (κ1) is 41.4. The number of carbonyl (C=O) groups excluding carboxylic acids is 1. The zero-order valence-electron chi connectivity index (χ0n) is 28.8. The number of ether oxygens (including phenoxy) is 2. The molecule has 0 spiro atoms. The number of hydrogen-bond acceptors (Lipinski definition) is 4. The summed E-state index contributed by atoms with van der Waals surface area (Å²) in [5.74, 6) is -0.195. The number of aliphatic hydroxyl groups excluding tert-OH is 1. The van der Waals surface area contributed by atoms with E-state index in [0.717, 1.165) is 19.3 Å². The van der Waals surface area contributed by atoms with Crippen LogP contribution in [0.3, 0.4) is 0 Å². The van der Waals surface area contributed by atoms with Crippen molar-refractivity contribution in [1.29, 1.82) is 0 Å². The van der Waals surface area contributed by atoms with Gasteiger partial charge in [-0.2, -0.15) is 0 Å². The predicted molar refractivity (Wildman–Crippen MR) is 182 cm³/mol. The Hall–Kier alpha value is -0.610. The molecular weight excluding hydrogens is 520 g/mol. The molecule has 0 saturated carbocycles. The molecule has 0 fully saturated rings. The molecule has 1 unspecified atom stereocenters. The molecule has 0 aliphatic rings. The van der Waals surface area contributed by atoms with Gasteiger partial charge in [0.05, 0.1) is 13.2 Å². The molecule has 0 aliphatic heterocycles. The van der Waals surface area contributed by atoms with Crippen molar-refractivity contribution in [3.05, 3.63) is 0 Å². The van der Waals surface area contributed by atoms with Gasteiger partial charge in [-0.15, -0.1) is 0 Å². The van der Waals surface area contributed by atoms with Gasteiger partial charge in [-0.1, -0.05) is 194 Å². The average Bonchev–Trinajstić information content (AvgIpc) is 3.00. The van der Waals surface area contributed by atoms with Crippen LogP contribution < -0.4 is 0 Å². The summed E-state index contributed by atoms with van der Waals surface area (Å²) >= 11 is 0. The lowest BCUT2D eigenvalue weighted by Crippen LogP contribution is -2.27. The van der Waals surface area contributed by atoms with Crippen LogP contribution in [0.5, 0.6) is 0 Å². The van der Waals surface area contributed by atoms with E-state index in [0.29, 0.717) is 19.6 Å². The molecule has 252 valence electrons. The van der Waals surface area contributed by atoms with Gasteiger partial charge in [-0.05, 0) is 12.8 Å². The quantitative estimate of drug-likeness (QED) is 0.0577. The maximum absolute atomic E-state index is 12.1. The van der Waals surface area contributed by atoms with Gasteiger partial charge in [-0.3, -0.25) is 4.79 Å². The second-order valence-corrected chi connectivity index (χ2v) is 13.0. The van der Waals surface area contributed by atoms with Crippen LogP contribution in [0.4, 0.5) is 0 Å². The Morgan fingerprint density at radius 1 is 0.476 bits per heavy atom. The second-order valence-electron chi connectivity index (χ2n) is 13.0. The Bertz CT molecular complexity index is 509. The molecule has 0 rings (SSSR count). The molecule has 1 atom stereocenters. The first-order valence-corrected chi connectivity index (χ1v) is 19.1. The van der Waals surface area contributed by atoms with Gasteiger partial charge in [0.15, 0.2) is 0 Å². The van der Waals surface area contributed by atoms with Crippen LogP contribution in [-0.2, 0) is 14.3 Å². The standard InChI is InChI=1S/C38H76O4/c1-3-5-7-9-11-13-15-17-19-20-21-23-25-27-29-31-33-38(40)42-37(35-39)36-41-34-32-30-28-26-24-22-18-16-14-12-10-8-6-4-2/h37,39H,3-36H2,1-2H3. The summed E-state index contributed by atoms with van der Waals surface area (Å²) in [5.41, 5.74) is 0. The predicted octanol–water partition coefficient (Wildman–Crippen LogP) is 12.0. The zero-order valence-corrected chi connectivity index (χ0v) is 28.8. The lowest BCUT2D eigenvalue weighted by molar-refractivity contribution is -0.154. The highest BCUT2D eigenvalue weighted by atomic mass is 16.6. The van der Waals surface area contributed by atoms with Crippen LogP contribution in [0.25, 0.3) is 0 Å². The number of unbranched alkanes of at least 4 members (excludes halogenated alkanes) is 28. The van der Waals surface area contributed by atoms with Gasteiger partial charge in [0, 0.05) is 13.0 Å².